The summed E-state index contributed by atoms with van der Waals surface area (Å²) in [4.78, 5) is 25.8. The molecule has 0 aliphatic carbocycles. The zero-order valence-corrected chi connectivity index (χ0v) is 12.1. The van der Waals surface area contributed by atoms with Gasteiger partial charge in [0.1, 0.15) is 5.71 Å². The van der Waals surface area contributed by atoms with Gasteiger partial charge in [-0.25, -0.2) is 5.01 Å². The van der Waals surface area contributed by atoms with Crippen molar-refractivity contribution >= 4 is 17.5 Å². The van der Waals surface area contributed by atoms with E-state index in [0.29, 0.717) is 25.1 Å². The highest BCUT2D eigenvalue weighted by molar-refractivity contribution is 6.39. The highest BCUT2D eigenvalue weighted by atomic mass is 16.2. The molecule has 21 heavy (non-hydrogen) atoms. The number of hydrazone groups is 1. The average molecular weight is 289 g/mol. The molecule has 7 heteroatoms. The van der Waals surface area contributed by atoms with Crippen molar-refractivity contribution in [3.05, 3.63) is 18.5 Å². The molecule has 1 saturated heterocycles. The Balaban J connectivity index is 1.70. The fraction of sp³-hybridized carbons (Fsp3) is 0.571. The molecular weight excluding hydrogens is 270 g/mol. The molecule has 1 aromatic rings. The number of likely N-dealkylation sites (tertiary alicyclic amines) is 1. The summed E-state index contributed by atoms with van der Waals surface area (Å²) in [6.07, 6.45) is 6.47. The predicted octanol–water partition coefficient (Wildman–Crippen LogP) is 0.655. The van der Waals surface area contributed by atoms with E-state index in [-0.39, 0.29) is 17.9 Å². The van der Waals surface area contributed by atoms with Crippen LogP contribution in [0.1, 0.15) is 31.7 Å². The highest BCUT2D eigenvalue weighted by Gasteiger charge is 2.30. The number of carbonyl (C=O) groups excluding carboxylic acids is 2. The van der Waals surface area contributed by atoms with Crippen molar-refractivity contribution in [3.63, 3.8) is 0 Å². The number of hydrogen-bond acceptors (Lipinski definition) is 4. The third-order valence-electron chi connectivity index (χ3n) is 4.04. The van der Waals surface area contributed by atoms with Crippen molar-refractivity contribution in [1.82, 2.24) is 19.7 Å². The summed E-state index contributed by atoms with van der Waals surface area (Å²) >= 11 is 0. The number of nitrogens with zero attached hydrogens (tertiary/aromatic N) is 5. The Labute approximate surface area is 123 Å². The maximum absolute atomic E-state index is 12.5. The first-order chi connectivity index (χ1) is 10.1. The van der Waals surface area contributed by atoms with Crippen LogP contribution in [0.3, 0.4) is 0 Å². The number of amides is 2. The molecule has 1 unspecified atom stereocenters. The number of piperidine rings is 1. The van der Waals surface area contributed by atoms with Gasteiger partial charge in [0, 0.05) is 45.4 Å². The van der Waals surface area contributed by atoms with Gasteiger partial charge >= 0.3 is 0 Å². The minimum Gasteiger partial charge on any atom is -0.335 e. The topological polar surface area (TPSA) is 70.8 Å². The molecule has 0 N–H and O–H groups in total. The van der Waals surface area contributed by atoms with Crippen molar-refractivity contribution < 1.29 is 9.59 Å². The second-order valence-corrected chi connectivity index (χ2v) is 5.50. The molecule has 3 rings (SSSR count). The van der Waals surface area contributed by atoms with Crippen LogP contribution in [0.2, 0.25) is 0 Å². The van der Waals surface area contributed by atoms with Crippen molar-refractivity contribution in [1.29, 1.82) is 0 Å². The lowest BCUT2D eigenvalue weighted by Crippen LogP contribution is -2.45. The third kappa shape index (κ3) is 2.81. The quantitative estimate of drug-likeness (QED) is 0.803. The van der Waals surface area contributed by atoms with Crippen LogP contribution in [0.5, 0.6) is 0 Å². The molecule has 2 aliphatic heterocycles. The van der Waals surface area contributed by atoms with Crippen LogP contribution in [0, 0.1) is 0 Å². The fourth-order valence-corrected chi connectivity index (χ4v) is 2.86. The SMILES string of the molecule is CN1N=C(C(=O)N2CCCC(n3cccn3)C2)CCC1=O. The predicted molar refractivity (Wildman–Crippen MR) is 76.5 cm³/mol. The summed E-state index contributed by atoms with van der Waals surface area (Å²) < 4.78 is 1.91. The van der Waals surface area contributed by atoms with Crippen molar-refractivity contribution in [3.8, 4) is 0 Å². The molecule has 0 radical (unpaired) electrons. The summed E-state index contributed by atoms with van der Waals surface area (Å²) in [7, 11) is 1.59. The summed E-state index contributed by atoms with van der Waals surface area (Å²) in [6, 6.07) is 2.12. The minimum absolute atomic E-state index is 0.0420. The number of aromatic nitrogens is 2. The molecule has 1 atom stereocenters. The first-order valence-corrected chi connectivity index (χ1v) is 7.27. The number of carbonyl (C=O) groups is 2. The lowest BCUT2D eigenvalue weighted by molar-refractivity contribution is -0.131. The first-order valence-electron chi connectivity index (χ1n) is 7.27. The molecule has 0 aromatic carbocycles. The molecule has 0 spiro atoms. The molecule has 112 valence electrons. The second kappa shape index (κ2) is 5.67. The Morgan fingerprint density at radius 1 is 1.38 bits per heavy atom. The monoisotopic (exact) mass is 289 g/mol. The Kier molecular flexibility index (Phi) is 3.72. The van der Waals surface area contributed by atoms with Gasteiger partial charge in [-0.1, -0.05) is 0 Å². The normalized spacial score (nSPS) is 23.2. The first kappa shape index (κ1) is 13.8. The maximum atomic E-state index is 12.5. The Hall–Kier alpha value is -2.18. The summed E-state index contributed by atoms with van der Waals surface area (Å²) in [6.45, 7) is 1.39. The maximum Gasteiger partial charge on any atom is 0.270 e. The van der Waals surface area contributed by atoms with E-state index in [9.17, 15) is 9.59 Å². The number of rotatable bonds is 2. The largest absolute Gasteiger partial charge is 0.335 e. The minimum atomic E-state index is -0.0498. The van der Waals surface area contributed by atoms with Crippen LogP contribution in [0.4, 0.5) is 0 Å². The molecule has 1 fully saturated rings. The van der Waals surface area contributed by atoms with Crippen LogP contribution in [0.25, 0.3) is 0 Å². The number of hydrogen-bond donors (Lipinski definition) is 0. The molecule has 7 nitrogen and oxygen atoms in total. The zero-order valence-electron chi connectivity index (χ0n) is 12.1. The van der Waals surface area contributed by atoms with E-state index >= 15 is 0 Å². The van der Waals surface area contributed by atoms with Gasteiger partial charge in [-0.05, 0) is 18.9 Å². The second-order valence-electron chi connectivity index (χ2n) is 5.50. The highest BCUT2D eigenvalue weighted by Crippen LogP contribution is 2.21. The Morgan fingerprint density at radius 3 is 2.95 bits per heavy atom. The van der Waals surface area contributed by atoms with Crippen molar-refractivity contribution in [2.24, 2.45) is 5.10 Å². The molecule has 1 aromatic heterocycles. The molecule has 3 heterocycles. The molecular formula is C14H19N5O2. The summed E-state index contributed by atoms with van der Waals surface area (Å²) in [5.41, 5.74) is 0.484. The lowest BCUT2D eigenvalue weighted by Gasteiger charge is -2.33. The van der Waals surface area contributed by atoms with Gasteiger partial charge in [0.25, 0.3) is 5.91 Å². The van der Waals surface area contributed by atoms with E-state index in [0.717, 1.165) is 19.4 Å². The molecule has 2 aliphatic rings. The van der Waals surface area contributed by atoms with Gasteiger partial charge in [0.05, 0.1) is 6.04 Å². The smallest absolute Gasteiger partial charge is 0.270 e. The third-order valence-corrected chi connectivity index (χ3v) is 4.04. The van der Waals surface area contributed by atoms with Crippen LogP contribution < -0.4 is 0 Å². The standard InChI is InChI=1S/C14H19N5O2/c1-17-13(20)6-5-12(16-17)14(21)18-8-2-4-11(10-18)19-9-3-7-15-19/h3,7,9,11H,2,4-6,8,10H2,1H3. The van der Waals surface area contributed by atoms with E-state index in [2.05, 4.69) is 10.2 Å². The van der Waals surface area contributed by atoms with Gasteiger partial charge in [-0.2, -0.15) is 10.2 Å². The Morgan fingerprint density at radius 2 is 2.24 bits per heavy atom. The van der Waals surface area contributed by atoms with Crippen LogP contribution in [-0.4, -0.2) is 57.4 Å². The summed E-state index contributed by atoms with van der Waals surface area (Å²) in [5, 5.41) is 9.65. The van der Waals surface area contributed by atoms with Gasteiger partial charge in [0.15, 0.2) is 0 Å². The van der Waals surface area contributed by atoms with E-state index in [1.165, 1.54) is 5.01 Å². The van der Waals surface area contributed by atoms with Crippen molar-refractivity contribution in [2.75, 3.05) is 20.1 Å². The van der Waals surface area contributed by atoms with E-state index in [1.807, 2.05) is 21.8 Å². The fourth-order valence-electron chi connectivity index (χ4n) is 2.86. The van der Waals surface area contributed by atoms with Gasteiger partial charge in [-0.3, -0.25) is 14.3 Å². The summed E-state index contributed by atoms with van der Waals surface area (Å²) in [5.74, 6) is -0.0918. The van der Waals surface area contributed by atoms with Crippen molar-refractivity contribution in [2.45, 2.75) is 31.7 Å². The van der Waals surface area contributed by atoms with E-state index in [4.69, 9.17) is 0 Å². The van der Waals surface area contributed by atoms with Gasteiger partial charge < -0.3 is 4.90 Å². The van der Waals surface area contributed by atoms with Crippen LogP contribution in [0.15, 0.2) is 23.6 Å². The molecule has 0 bridgehead atoms. The van der Waals surface area contributed by atoms with Gasteiger partial charge in [-0.15, -0.1) is 0 Å². The van der Waals surface area contributed by atoms with Crippen LogP contribution in [-0.2, 0) is 9.59 Å². The molecule has 0 saturated carbocycles. The Bertz CT molecular complexity index is 566. The van der Waals surface area contributed by atoms with E-state index < -0.39 is 0 Å². The average Bonchev–Trinajstić information content (AvgIpc) is 3.04. The lowest BCUT2D eigenvalue weighted by atomic mass is 10.0. The van der Waals surface area contributed by atoms with Crippen LogP contribution >= 0.6 is 0 Å². The molecule has 2 amide bonds. The van der Waals surface area contributed by atoms with E-state index in [1.54, 1.807) is 13.2 Å². The van der Waals surface area contributed by atoms with Gasteiger partial charge in [0.2, 0.25) is 5.91 Å². The zero-order chi connectivity index (χ0) is 14.8.